The first-order valence-corrected chi connectivity index (χ1v) is 46.2. The number of aliphatic carboxylic acids is 1. The molecular formula is C99H114BrF8N15NaO22-. The quantitative estimate of drug-likeness (QED) is 0.0234. The van der Waals surface area contributed by atoms with Crippen LogP contribution in [0.3, 0.4) is 0 Å². The Labute approximate surface area is 866 Å². The number of amides is 9. The first-order chi connectivity index (χ1) is 68.5. The van der Waals surface area contributed by atoms with E-state index < -0.39 is 65.3 Å². The van der Waals surface area contributed by atoms with Gasteiger partial charge in [0, 0.05) is 129 Å². The second-order valence-corrected chi connectivity index (χ2v) is 34.9. The van der Waals surface area contributed by atoms with Gasteiger partial charge in [0.05, 0.1) is 41.8 Å². The summed E-state index contributed by atoms with van der Waals surface area (Å²) in [6.07, 6.45) is -2.51. The molecule has 0 radical (unpaired) electrons. The third-order valence-corrected chi connectivity index (χ3v) is 20.7. The van der Waals surface area contributed by atoms with Crippen LogP contribution in [0.2, 0.25) is 0 Å². The second-order valence-electron chi connectivity index (χ2n) is 34.4. The van der Waals surface area contributed by atoms with E-state index in [-0.39, 0.29) is 184 Å². The fraction of sp³-hybridized carbons (Fsp3) is 0.384. The number of aromatic nitrogens is 4. The Hall–Kier alpha value is -13.9. The Bertz CT molecular complexity index is 5930. The smallest absolute Gasteiger partial charge is 0.857 e. The van der Waals surface area contributed by atoms with Crippen molar-refractivity contribution in [1.29, 1.82) is 0 Å². The van der Waals surface area contributed by atoms with Crippen molar-refractivity contribution in [2.75, 3.05) is 112 Å². The Balaban J connectivity index is 0.000000298. The number of hydrogen-bond donors (Lipinski definition) is 6. The minimum absolute atomic E-state index is 0. The predicted octanol–water partition coefficient (Wildman–Crippen LogP) is 5.73. The van der Waals surface area contributed by atoms with Crippen molar-refractivity contribution < 1.29 is 166 Å². The van der Waals surface area contributed by atoms with Crippen molar-refractivity contribution in [3.8, 4) is 5.75 Å². The molecule has 47 heteroatoms. The Morgan fingerprint density at radius 2 is 0.829 bits per heavy atom. The number of carboxylic acids is 2. The number of halogens is 9. The van der Waals surface area contributed by atoms with Crippen LogP contribution in [0.15, 0.2) is 181 Å². The molecule has 0 aliphatic carbocycles. The average molecular weight is 2120 g/mol. The summed E-state index contributed by atoms with van der Waals surface area (Å²) in [5, 5.41) is 48.6. The summed E-state index contributed by atoms with van der Waals surface area (Å²) < 4.78 is 117. The molecule has 4 aromatic heterocycles. The number of pyridine rings is 4. The molecule has 5 saturated heterocycles. The van der Waals surface area contributed by atoms with E-state index in [0.29, 0.717) is 78.5 Å². The normalized spacial score (nSPS) is 14.3. The van der Waals surface area contributed by atoms with E-state index in [1.54, 1.807) is 163 Å². The molecule has 6 N–H and O–H groups in total. The van der Waals surface area contributed by atoms with Crippen LogP contribution < -0.4 is 66.6 Å². The fourth-order valence-electron chi connectivity index (χ4n) is 13.2. The number of carbonyl (C=O) groups is 13. The topological polar surface area (TPSA) is 477 Å². The molecule has 5 aromatic carbocycles. The molecule has 0 bridgehead atoms. The van der Waals surface area contributed by atoms with Crippen LogP contribution >= 0.6 is 15.9 Å². The van der Waals surface area contributed by atoms with Gasteiger partial charge in [-0.1, -0.05) is 76.6 Å². The van der Waals surface area contributed by atoms with Crippen LogP contribution in [0.1, 0.15) is 149 Å². The first-order valence-electron chi connectivity index (χ1n) is 45.0. The number of ether oxygens (including phenoxy) is 4. The molecule has 146 heavy (non-hydrogen) atoms. The molecule has 0 atom stereocenters. The summed E-state index contributed by atoms with van der Waals surface area (Å²) in [7, 11) is 0.750. The number of aromatic hydroxyl groups is 1. The van der Waals surface area contributed by atoms with Gasteiger partial charge in [0.25, 0.3) is 17.4 Å². The van der Waals surface area contributed by atoms with Crippen LogP contribution in [-0.4, -0.2) is 283 Å². The van der Waals surface area contributed by atoms with Gasteiger partial charge in [-0.3, -0.25) is 57.7 Å². The summed E-state index contributed by atoms with van der Waals surface area (Å²) in [6, 6.07) is 39.6. The maximum atomic E-state index is 13.0. The molecule has 0 saturated carbocycles. The number of nitrogens with zero attached hydrogens (tertiary/aromatic N) is 11. The molecule has 15 rings (SSSR count). The zero-order valence-corrected chi connectivity index (χ0v) is 85.9. The minimum Gasteiger partial charge on any atom is -0.857 e. The van der Waals surface area contributed by atoms with Crippen LogP contribution in [-0.2, 0) is 85.8 Å². The number of carboxylic acid groups (broad SMARTS) is 2. The summed E-state index contributed by atoms with van der Waals surface area (Å²) in [4.78, 5) is 185. The summed E-state index contributed by atoms with van der Waals surface area (Å²) in [5.74, 6) is -8.47. The van der Waals surface area contributed by atoms with Gasteiger partial charge in [0.15, 0.2) is 22.8 Å². The van der Waals surface area contributed by atoms with E-state index in [0.717, 1.165) is 66.4 Å². The number of aromatic carboxylic acids is 1. The number of carbonyl (C=O) groups excluding carboxylic acids is 12. The number of alkyl halides is 4. The molecule has 0 unspecified atom stereocenters. The maximum absolute atomic E-state index is 13.0. The molecule has 9 aromatic rings. The van der Waals surface area contributed by atoms with E-state index >= 15 is 0 Å². The minimum atomic E-state index is -5.19. The number of hydrogen-bond acceptors (Lipinski definition) is 26. The van der Waals surface area contributed by atoms with Crippen molar-refractivity contribution >= 4 is 104 Å². The number of piperazine rings is 5. The van der Waals surface area contributed by atoms with Crippen LogP contribution in [0, 0.1) is 29.1 Å². The summed E-state index contributed by atoms with van der Waals surface area (Å²) in [5.41, 5.74) is 2.87. The molecule has 5 fully saturated rings. The summed E-state index contributed by atoms with van der Waals surface area (Å²) in [6.45, 7) is 26.4. The average Bonchev–Trinajstić information content (AvgIpc) is 0.745. The fourth-order valence-corrected chi connectivity index (χ4v) is 13.6. The zero-order chi connectivity index (χ0) is 108. The standard InChI is InChI=1S/C21H22FN3O4.C18H14FN3O3.C16H21FN2O3.C11H13FN2O.C10H11NO4.C9H16N2O3.C7H6BrF.C4H8N2O.C2HF3O2.CH3O.Na/c1-14(2)29-21(28)19-17(4-3-9-23-19)20(27)25-11-10-24(18(26)13-25)12-15-5-7-16(22)8-6-15;19-12-5-3-11(4-6-12)10-21-8-9-22-15(18(21)25)16(23)14-13(17(22)24)2-1-7-20-14;1-16(2,3)22-15(21)19-9-8-18(14(20)11-19)10-12-4-6-13(17)7-5-12;12-10-3-1-9(2-4-10)8-14-6-5-13-7-11(14)15;1-6(2)15-10(14)8-7(9(12)13)4-3-5-11-8;1-9(2,3)14-8(13)11-5-4-10-7(12)6-11;8-5-6-1-3-7(9)4-2-6;7-4-3-5-1-2-6-4;3-2(4,5)1(6)7;1-2;/h3-9,14H,10-13H2,1-2H3;1-7,23H,8-10H2;4-7H,8-11H2,1-3H3;1-4,13H,5-8H2;3-6H,1-2H3,(H,12,13);4-6H2,1-3H3,(H,10,12);1-4H,5H2;5H,1-3H2,(H,6,7);(H,6,7);1H3;/q;;;;;;;;;-1;+1/p-1. The van der Waals surface area contributed by atoms with Crippen LogP contribution in [0.5, 0.6) is 5.75 Å². The number of fused-ring (bicyclic) bond motifs is 2. The van der Waals surface area contributed by atoms with Crippen molar-refractivity contribution in [3.63, 3.8) is 0 Å². The number of nitrogens with one attached hydrogen (secondary N) is 4. The first kappa shape index (κ1) is 123. The Morgan fingerprint density at radius 3 is 1.21 bits per heavy atom. The van der Waals surface area contributed by atoms with E-state index in [9.17, 15) is 103 Å². The molecular weight excluding hydrogens is 2010 g/mol. The van der Waals surface area contributed by atoms with Crippen molar-refractivity contribution in [2.24, 2.45) is 0 Å². The second kappa shape index (κ2) is 60.1. The van der Waals surface area contributed by atoms with E-state index in [1.165, 1.54) is 122 Å². The molecule has 0 spiro atoms. The van der Waals surface area contributed by atoms with Gasteiger partial charge in [-0.2, -0.15) is 20.3 Å². The monoisotopic (exact) mass is 2120 g/mol. The maximum Gasteiger partial charge on any atom is 1.00 e. The molecule has 782 valence electrons. The number of esters is 2. The third-order valence-electron chi connectivity index (χ3n) is 20.0. The van der Waals surface area contributed by atoms with Gasteiger partial charge in [-0.25, -0.2) is 55.9 Å². The third kappa shape index (κ3) is 42.0. The van der Waals surface area contributed by atoms with E-state index in [4.69, 9.17) is 39.1 Å². The van der Waals surface area contributed by atoms with Gasteiger partial charge in [0.1, 0.15) is 71.4 Å². The van der Waals surface area contributed by atoms with Crippen molar-refractivity contribution in [1.82, 2.24) is 75.1 Å². The Kier molecular flexibility index (Phi) is 50.5. The van der Waals surface area contributed by atoms with Gasteiger partial charge >= 0.3 is 65.8 Å². The zero-order valence-electron chi connectivity index (χ0n) is 82.3. The number of benzene rings is 5. The largest absolute Gasteiger partial charge is 1.00 e. The molecule has 10 heterocycles. The van der Waals surface area contributed by atoms with Gasteiger partial charge in [0.2, 0.25) is 29.5 Å². The van der Waals surface area contributed by atoms with Gasteiger partial charge in [-0.15, -0.1) is 0 Å². The predicted molar refractivity (Wildman–Crippen MR) is 510 cm³/mol. The molecule has 9 amide bonds. The number of rotatable bonds is 15. The van der Waals surface area contributed by atoms with Crippen molar-refractivity contribution in [3.05, 3.63) is 272 Å². The molecule has 6 aliphatic heterocycles. The van der Waals surface area contributed by atoms with E-state index in [1.807, 2.05) is 0 Å². The molecule has 6 aliphatic rings. The van der Waals surface area contributed by atoms with Gasteiger partial charge in [-0.05, 0) is 194 Å². The molecule has 37 nitrogen and oxygen atoms in total. The van der Waals surface area contributed by atoms with Crippen LogP contribution in [0.4, 0.5) is 44.7 Å². The van der Waals surface area contributed by atoms with Gasteiger partial charge < -0.3 is 89.9 Å². The van der Waals surface area contributed by atoms with Crippen LogP contribution in [0.25, 0.3) is 10.9 Å². The van der Waals surface area contributed by atoms with Crippen molar-refractivity contribution in [2.45, 2.75) is 137 Å². The Morgan fingerprint density at radius 1 is 0.452 bits per heavy atom. The SMILES string of the molecule is CC(C)(C)OC(=O)N1CCN(Cc2ccc(F)cc2)C(=O)C1.CC(C)(C)OC(=O)N1CCNC(=O)C1.CC(C)OC(=O)c1ncccc1C(=O)N1CCN(Cc2ccc(F)cc2)C(=O)C1.CC(C)OC(=O)c1ncccc1C(=O)O.C[O-].Fc1ccc(CBr)cc1.O=C([O-])C(F)(F)F.O=C1CNCCN1.O=C1CNCCN1Cc1ccc(F)cc1.O=C1c2c(O)c3ncccc3c(=O)n2CCN1Cc1ccc(F)cc1.[Na+]. The van der Waals surface area contributed by atoms with E-state index in [2.05, 4.69) is 52.1 Å². The summed E-state index contributed by atoms with van der Waals surface area (Å²) >= 11 is 3.26.